The van der Waals surface area contributed by atoms with Crippen molar-refractivity contribution in [1.29, 1.82) is 0 Å². The van der Waals surface area contributed by atoms with Crippen LogP contribution >= 0.6 is 0 Å². The number of aliphatic hydroxyl groups excluding tert-OH is 1. The molecule has 2 atom stereocenters. The van der Waals surface area contributed by atoms with Crippen molar-refractivity contribution in [2.45, 2.75) is 45.8 Å². The Morgan fingerprint density at radius 2 is 1.86 bits per heavy atom. The number of amides is 1. The van der Waals surface area contributed by atoms with Crippen LogP contribution in [0.4, 0.5) is 13.2 Å². The number of hydrogen-bond acceptors (Lipinski definition) is 5. The molecule has 0 saturated carbocycles. The maximum atomic E-state index is 14.6. The highest BCUT2D eigenvalue weighted by molar-refractivity contribution is 5.77. The fourth-order valence-corrected chi connectivity index (χ4v) is 4.08. The third kappa shape index (κ3) is 6.50. The van der Waals surface area contributed by atoms with E-state index in [-0.39, 0.29) is 30.9 Å². The minimum absolute atomic E-state index is 0.0379. The number of halogens is 3. The summed E-state index contributed by atoms with van der Waals surface area (Å²) >= 11 is 0. The van der Waals surface area contributed by atoms with Crippen molar-refractivity contribution in [1.82, 2.24) is 19.7 Å². The van der Waals surface area contributed by atoms with Gasteiger partial charge in [0, 0.05) is 12.6 Å². The van der Waals surface area contributed by atoms with Crippen molar-refractivity contribution in [2.75, 3.05) is 19.8 Å². The van der Waals surface area contributed by atoms with Crippen LogP contribution < -0.4 is 5.73 Å². The van der Waals surface area contributed by atoms with Gasteiger partial charge in [0.25, 0.3) is 0 Å². The van der Waals surface area contributed by atoms with Gasteiger partial charge in [0.15, 0.2) is 11.6 Å². The molecule has 0 aliphatic rings. The predicted molar refractivity (Wildman–Crippen MR) is 130 cm³/mol. The van der Waals surface area contributed by atoms with Crippen molar-refractivity contribution >= 4 is 5.91 Å². The van der Waals surface area contributed by atoms with E-state index in [0.717, 1.165) is 23.8 Å². The van der Waals surface area contributed by atoms with Gasteiger partial charge >= 0.3 is 0 Å². The molecule has 0 bridgehead atoms. The molecule has 1 unspecified atom stereocenters. The van der Waals surface area contributed by atoms with Crippen LogP contribution in [0.1, 0.15) is 44.6 Å². The van der Waals surface area contributed by atoms with Crippen molar-refractivity contribution < 1.29 is 23.1 Å². The molecule has 3 aromatic rings. The highest BCUT2D eigenvalue weighted by Crippen LogP contribution is 2.39. The topological polar surface area (TPSA) is 97.3 Å². The third-order valence-corrected chi connectivity index (χ3v) is 5.82. The first-order valence-electron chi connectivity index (χ1n) is 11.7. The third-order valence-electron chi connectivity index (χ3n) is 5.82. The lowest BCUT2D eigenvalue weighted by Gasteiger charge is -2.39. The number of hydrogen-bond donors (Lipinski definition) is 2. The fraction of sp³-hybridized carbons (Fsp3) is 0.423. The Hall–Kier alpha value is -3.24. The fourth-order valence-electron chi connectivity index (χ4n) is 4.08. The molecule has 10 heteroatoms. The van der Waals surface area contributed by atoms with E-state index in [4.69, 9.17) is 5.73 Å². The predicted octanol–water partition coefficient (Wildman–Crippen LogP) is 3.87. The summed E-state index contributed by atoms with van der Waals surface area (Å²) in [5.74, 6) is -1.64. The Bertz CT molecular complexity index is 1160. The van der Waals surface area contributed by atoms with Gasteiger partial charge in [0.1, 0.15) is 24.9 Å². The molecule has 1 heterocycles. The van der Waals surface area contributed by atoms with E-state index in [1.807, 2.05) is 51.1 Å². The van der Waals surface area contributed by atoms with Crippen LogP contribution in [0.15, 0.2) is 48.5 Å². The van der Waals surface area contributed by atoms with Gasteiger partial charge in [-0.1, -0.05) is 51.1 Å². The van der Waals surface area contributed by atoms with Crippen molar-refractivity contribution in [3.8, 4) is 11.4 Å². The summed E-state index contributed by atoms with van der Waals surface area (Å²) in [6, 6.07) is 10.9. The van der Waals surface area contributed by atoms with E-state index < -0.39 is 48.3 Å². The van der Waals surface area contributed by atoms with Gasteiger partial charge in [-0.25, -0.2) is 22.8 Å². The number of nitrogens with zero attached hydrogens (tertiary/aromatic N) is 4. The summed E-state index contributed by atoms with van der Waals surface area (Å²) in [7, 11) is 0. The zero-order valence-electron chi connectivity index (χ0n) is 20.7. The Kier molecular flexibility index (Phi) is 8.86. The van der Waals surface area contributed by atoms with Gasteiger partial charge in [0.2, 0.25) is 5.91 Å². The van der Waals surface area contributed by atoms with Crippen molar-refractivity contribution in [2.24, 2.45) is 11.1 Å². The van der Waals surface area contributed by atoms with Crippen LogP contribution in [0.25, 0.3) is 11.4 Å². The average molecular weight is 504 g/mol. The van der Waals surface area contributed by atoms with E-state index in [0.29, 0.717) is 5.82 Å². The molecule has 0 aliphatic heterocycles. The molecule has 2 aromatic carbocycles. The second kappa shape index (κ2) is 11.7. The first-order chi connectivity index (χ1) is 17.0. The standard InChI is InChI=1S/C26H32F3N5O2/c1-26(2,3)23(33(22(36)16-35)12-11-19(30)14-27)25-31-24(20-13-18(28)9-10-21(20)29)32-34(25)15-17-7-5-4-6-8-17/h4-10,13,19,23,35H,11-12,14-16,30H2,1-3H3/t19-,23?/m0/s1. The van der Waals surface area contributed by atoms with Crippen LogP contribution in [0.3, 0.4) is 0 Å². The molecular weight excluding hydrogens is 471 g/mol. The summed E-state index contributed by atoms with van der Waals surface area (Å²) in [5.41, 5.74) is 5.89. The monoisotopic (exact) mass is 503 g/mol. The Labute approximate surface area is 208 Å². The molecule has 0 fully saturated rings. The van der Waals surface area contributed by atoms with Gasteiger partial charge in [-0.2, -0.15) is 5.10 Å². The Balaban J connectivity index is 2.18. The summed E-state index contributed by atoms with van der Waals surface area (Å²) < 4.78 is 43.2. The minimum Gasteiger partial charge on any atom is -0.387 e. The van der Waals surface area contributed by atoms with Crippen LogP contribution in [-0.2, 0) is 11.3 Å². The summed E-state index contributed by atoms with van der Waals surface area (Å²) in [6.07, 6.45) is 0.160. The molecule has 1 aromatic heterocycles. The molecule has 0 saturated heterocycles. The average Bonchev–Trinajstić information content (AvgIpc) is 3.24. The van der Waals surface area contributed by atoms with Gasteiger partial charge in [-0.05, 0) is 35.6 Å². The maximum absolute atomic E-state index is 14.6. The van der Waals surface area contributed by atoms with Crippen LogP contribution in [0, 0.1) is 17.0 Å². The first-order valence-corrected chi connectivity index (χ1v) is 11.7. The number of alkyl halides is 1. The molecule has 36 heavy (non-hydrogen) atoms. The quantitative estimate of drug-likeness (QED) is 0.438. The van der Waals surface area contributed by atoms with Gasteiger partial charge in [-0.3, -0.25) is 4.79 Å². The number of rotatable bonds is 10. The SMILES string of the molecule is CC(C)(C)C(c1nc(-c2cc(F)ccc2F)nn1Cc1ccccc1)N(CC[C@H](N)CF)C(=O)CO. The van der Waals surface area contributed by atoms with E-state index in [1.54, 1.807) is 4.68 Å². The van der Waals surface area contributed by atoms with Crippen molar-refractivity contribution in [3.63, 3.8) is 0 Å². The summed E-state index contributed by atoms with van der Waals surface area (Å²) in [4.78, 5) is 18.9. The van der Waals surface area contributed by atoms with E-state index >= 15 is 0 Å². The van der Waals surface area contributed by atoms with Gasteiger partial charge < -0.3 is 15.7 Å². The highest BCUT2D eigenvalue weighted by Gasteiger charge is 2.39. The summed E-state index contributed by atoms with van der Waals surface area (Å²) in [6.45, 7) is 4.44. The molecule has 7 nitrogen and oxygen atoms in total. The van der Waals surface area contributed by atoms with Crippen LogP contribution in [-0.4, -0.2) is 56.5 Å². The molecule has 0 spiro atoms. The smallest absolute Gasteiger partial charge is 0.248 e. The van der Waals surface area contributed by atoms with E-state index in [2.05, 4.69) is 10.1 Å². The van der Waals surface area contributed by atoms with Crippen molar-refractivity contribution in [3.05, 3.63) is 71.6 Å². The molecular formula is C26H32F3N5O2. The normalized spacial score (nSPS) is 13.4. The lowest BCUT2D eigenvalue weighted by molar-refractivity contribution is -0.139. The second-order valence-corrected chi connectivity index (χ2v) is 9.78. The maximum Gasteiger partial charge on any atom is 0.248 e. The Morgan fingerprint density at radius 1 is 1.17 bits per heavy atom. The highest BCUT2D eigenvalue weighted by atomic mass is 19.1. The van der Waals surface area contributed by atoms with Crippen LogP contribution in [0.5, 0.6) is 0 Å². The number of aliphatic hydroxyl groups is 1. The molecule has 194 valence electrons. The Morgan fingerprint density at radius 3 is 2.47 bits per heavy atom. The molecule has 0 radical (unpaired) electrons. The molecule has 3 rings (SSSR count). The molecule has 1 amide bonds. The van der Waals surface area contributed by atoms with Crippen LogP contribution in [0.2, 0.25) is 0 Å². The summed E-state index contributed by atoms with van der Waals surface area (Å²) in [5, 5.41) is 14.2. The number of nitrogens with two attached hydrogens (primary N) is 1. The lowest BCUT2D eigenvalue weighted by atomic mass is 9.84. The van der Waals surface area contributed by atoms with Gasteiger partial charge in [0.05, 0.1) is 18.2 Å². The molecule has 0 aliphatic carbocycles. The van der Waals surface area contributed by atoms with E-state index in [1.165, 1.54) is 4.90 Å². The first kappa shape index (κ1) is 27.3. The lowest BCUT2D eigenvalue weighted by Crippen LogP contribution is -2.45. The number of carbonyl (C=O) groups is 1. The minimum atomic E-state index is -0.779. The number of carbonyl (C=O) groups excluding carboxylic acids is 1. The van der Waals surface area contributed by atoms with Gasteiger partial charge in [-0.15, -0.1) is 0 Å². The molecule has 3 N–H and O–H groups in total. The van der Waals surface area contributed by atoms with E-state index in [9.17, 15) is 23.1 Å². The largest absolute Gasteiger partial charge is 0.387 e. The second-order valence-electron chi connectivity index (χ2n) is 9.78. The number of aromatic nitrogens is 3. The zero-order valence-corrected chi connectivity index (χ0v) is 20.7. The number of benzene rings is 2. The zero-order chi connectivity index (χ0) is 26.5.